The Bertz CT molecular complexity index is 1340. The van der Waals surface area contributed by atoms with Crippen LogP contribution in [0.3, 0.4) is 0 Å². The number of benzene rings is 1. The van der Waals surface area contributed by atoms with Crippen LogP contribution in [0.1, 0.15) is 63.2 Å². The smallest absolute Gasteiger partial charge is 0.410 e. The van der Waals surface area contributed by atoms with Crippen molar-refractivity contribution >= 4 is 45.0 Å². The molecule has 0 saturated carbocycles. The fraction of sp³-hybridized carbons (Fsp3) is 0.643. The molecular formula is C28H34BrF2N5O4. The first kappa shape index (κ1) is 27.6. The second kappa shape index (κ2) is 10.0. The van der Waals surface area contributed by atoms with Crippen molar-refractivity contribution in [1.29, 1.82) is 0 Å². The van der Waals surface area contributed by atoms with Crippen LogP contribution in [0, 0.1) is 5.82 Å². The predicted octanol–water partition coefficient (Wildman–Crippen LogP) is 4.89. The van der Waals surface area contributed by atoms with Crippen LogP contribution in [0.2, 0.25) is 0 Å². The Morgan fingerprint density at radius 3 is 2.62 bits per heavy atom. The summed E-state index contributed by atoms with van der Waals surface area (Å²) in [5, 5.41) is 0.394. The fourth-order valence-electron chi connectivity index (χ4n) is 6.91. The molecule has 2 unspecified atom stereocenters. The Morgan fingerprint density at radius 2 is 1.95 bits per heavy atom. The molecule has 40 heavy (non-hydrogen) atoms. The van der Waals surface area contributed by atoms with E-state index in [1.54, 1.807) is 6.07 Å². The van der Waals surface area contributed by atoms with Crippen LogP contribution >= 0.6 is 15.9 Å². The number of hydrogen-bond acceptors (Lipinski definition) is 8. The van der Waals surface area contributed by atoms with E-state index in [1.807, 2.05) is 30.6 Å². The highest BCUT2D eigenvalue weighted by Gasteiger charge is 2.50. The Morgan fingerprint density at radius 1 is 1.23 bits per heavy atom. The van der Waals surface area contributed by atoms with Crippen LogP contribution in [0.5, 0.6) is 6.01 Å². The summed E-state index contributed by atoms with van der Waals surface area (Å²) in [5.41, 5.74) is -0.819. The van der Waals surface area contributed by atoms with Gasteiger partial charge in [-0.3, -0.25) is 14.6 Å². The van der Waals surface area contributed by atoms with E-state index in [-0.39, 0.29) is 46.3 Å². The summed E-state index contributed by atoms with van der Waals surface area (Å²) < 4.78 is 41.7. The van der Waals surface area contributed by atoms with E-state index >= 15 is 4.39 Å². The standard InChI is InChI=1S/C28H34BrF2N5O4/c1-27(2,3)40-26(38)36-18-5-6-19(36)13-34(12-18)24-20-9-16(14-37)21(29)22(31)23(20)32-25(33-24)39-15-28-7-4-8-35(28)11-17(30)10-28/h9,14,17-19H,4-8,10-13,15H2,1-3H3/t17-,18?,19?,28+/m1/s1. The van der Waals surface area contributed by atoms with Gasteiger partial charge in [0.1, 0.15) is 29.7 Å². The summed E-state index contributed by atoms with van der Waals surface area (Å²) in [6, 6.07) is 1.40. The van der Waals surface area contributed by atoms with Crippen LogP contribution in [-0.2, 0) is 4.74 Å². The normalized spacial score (nSPS) is 28.3. The Labute approximate surface area is 240 Å². The zero-order chi connectivity index (χ0) is 28.4. The Balaban J connectivity index is 1.34. The molecule has 2 aromatic rings. The number of carbonyl (C=O) groups is 2. The molecule has 4 fully saturated rings. The molecule has 0 spiro atoms. The van der Waals surface area contributed by atoms with Crippen molar-refractivity contribution in [3.63, 3.8) is 0 Å². The second-order valence-corrected chi connectivity index (χ2v) is 13.3. The number of aldehydes is 1. The maximum atomic E-state index is 15.6. The number of nitrogens with zero attached hydrogens (tertiary/aromatic N) is 5. The minimum atomic E-state index is -0.899. The monoisotopic (exact) mass is 621 g/mol. The molecule has 9 nitrogen and oxygen atoms in total. The number of hydrogen-bond donors (Lipinski definition) is 0. The molecule has 2 bridgehead atoms. The number of ether oxygens (including phenoxy) is 2. The Kier molecular flexibility index (Phi) is 6.92. The van der Waals surface area contributed by atoms with Gasteiger partial charge in [-0.25, -0.2) is 13.6 Å². The topological polar surface area (TPSA) is 88.1 Å². The summed E-state index contributed by atoms with van der Waals surface area (Å²) in [7, 11) is 0. The summed E-state index contributed by atoms with van der Waals surface area (Å²) in [5.74, 6) is -0.223. The third-order valence-electron chi connectivity index (χ3n) is 8.60. The number of rotatable bonds is 5. The van der Waals surface area contributed by atoms with Crippen molar-refractivity contribution in [2.45, 2.75) is 82.3 Å². The van der Waals surface area contributed by atoms with Crippen LogP contribution < -0.4 is 9.64 Å². The number of amides is 1. The molecule has 216 valence electrons. The van der Waals surface area contributed by atoms with Crippen LogP contribution in [0.15, 0.2) is 10.5 Å². The number of halogens is 3. The van der Waals surface area contributed by atoms with Gasteiger partial charge in [0.05, 0.1) is 22.1 Å². The lowest BCUT2D eigenvalue weighted by Gasteiger charge is -2.42. The molecule has 1 amide bonds. The summed E-state index contributed by atoms with van der Waals surface area (Å²) in [6.07, 6.45) is 3.18. The van der Waals surface area contributed by atoms with Gasteiger partial charge in [-0.15, -0.1) is 0 Å². The minimum Gasteiger partial charge on any atom is -0.461 e. The largest absolute Gasteiger partial charge is 0.461 e. The summed E-state index contributed by atoms with van der Waals surface area (Å²) >= 11 is 3.19. The molecule has 4 aliphatic heterocycles. The molecule has 0 N–H and O–H groups in total. The number of carbonyl (C=O) groups excluding carboxylic acids is 2. The summed E-state index contributed by atoms with van der Waals surface area (Å²) in [4.78, 5) is 39.9. The lowest BCUT2D eigenvalue weighted by molar-refractivity contribution is 0.0122. The van der Waals surface area contributed by atoms with E-state index in [0.717, 1.165) is 32.2 Å². The van der Waals surface area contributed by atoms with Gasteiger partial charge in [-0.1, -0.05) is 0 Å². The van der Waals surface area contributed by atoms with E-state index in [0.29, 0.717) is 43.5 Å². The van der Waals surface area contributed by atoms with E-state index < -0.39 is 23.1 Å². The number of alkyl halides is 1. The zero-order valence-corrected chi connectivity index (χ0v) is 24.5. The molecule has 1 aromatic carbocycles. The first-order valence-corrected chi connectivity index (χ1v) is 14.7. The predicted molar refractivity (Wildman–Crippen MR) is 148 cm³/mol. The highest BCUT2D eigenvalue weighted by atomic mass is 79.9. The van der Waals surface area contributed by atoms with E-state index in [9.17, 15) is 14.0 Å². The van der Waals surface area contributed by atoms with Gasteiger partial charge in [-0.2, -0.15) is 9.97 Å². The van der Waals surface area contributed by atoms with Crippen molar-refractivity contribution < 1.29 is 27.8 Å². The van der Waals surface area contributed by atoms with Crippen molar-refractivity contribution in [3.05, 3.63) is 21.9 Å². The van der Waals surface area contributed by atoms with Gasteiger partial charge in [-0.05, 0) is 75.0 Å². The van der Waals surface area contributed by atoms with E-state index in [1.165, 1.54) is 0 Å². The molecule has 0 radical (unpaired) electrons. The molecule has 4 saturated heterocycles. The van der Waals surface area contributed by atoms with Gasteiger partial charge < -0.3 is 14.4 Å². The average Bonchev–Trinajstić information content (AvgIpc) is 3.50. The lowest BCUT2D eigenvalue weighted by atomic mass is 9.95. The van der Waals surface area contributed by atoms with Crippen molar-refractivity contribution in [2.24, 2.45) is 0 Å². The molecule has 1 aromatic heterocycles. The van der Waals surface area contributed by atoms with Gasteiger partial charge in [0.2, 0.25) is 0 Å². The van der Waals surface area contributed by atoms with Crippen LogP contribution in [0.4, 0.5) is 19.4 Å². The van der Waals surface area contributed by atoms with Crippen LogP contribution in [0.25, 0.3) is 10.9 Å². The highest BCUT2D eigenvalue weighted by Crippen LogP contribution is 2.41. The first-order chi connectivity index (χ1) is 19.0. The van der Waals surface area contributed by atoms with Gasteiger partial charge in [0.15, 0.2) is 12.1 Å². The van der Waals surface area contributed by atoms with Gasteiger partial charge >= 0.3 is 12.1 Å². The number of fused-ring (bicyclic) bond motifs is 4. The summed E-state index contributed by atoms with van der Waals surface area (Å²) in [6.45, 7) is 7.91. The molecule has 5 heterocycles. The zero-order valence-electron chi connectivity index (χ0n) is 23.0. The molecular weight excluding hydrogens is 588 g/mol. The first-order valence-electron chi connectivity index (χ1n) is 13.9. The van der Waals surface area contributed by atoms with E-state index in [2.05, 4.69) is 25.8 Å². The number of anilines is 1. The molecule has 6 rings (SSSR count). The maximum absolute atomic E-state index is 15.6. The van der Waals surface area contributed by atoms with Gasteiger partial charge in [0.25, 0.3) is 0 Å². The molecule has 12 heteroatoms. The van der Waals surface area contributed by atoms with Crippen molar-refractivity contribution in [2.75, 3.05) is 37.7 Å². The maximum Gasteiger partial charge on any atom is 0.410 e. The van der Waals surface area contributed by atoms with E-state index in [4.69, 9.17) is 14.5 Å². The minimum absolute atomic E-state index is 0.0117. The third-order valence-corrected chi connectivity index (χ3v) is 9.41. The number of aromatic nitrogens is 2. The SMILES string of the molecule is CC(C)(C)OC(=O)N1C2CCC1CN(c1nc(OC[C@@]34CCCN3C[C@H](F)C4)nc3c(F)c(Br)c(C=O)cc13)C2. The van der Waals surface area contributed by atoms with Gasteiger partial charge in [0, 0.05) is 37.0 Å². The molecule has 4 aliphatic rings. The fourth-order valence-corrected chi connectivity index (χ4v) is 7.31. The average molecular weight is 623 g/mol. The Hall–Kier alpha value is -2.60. The second-order valence-electron chi connectivity index (χ2n) is 12.5. The van der Waals surface area contributed by atoms with Crippen molar-refractivity contribution in [1.82, 2.24) is 19.8 Å². The molecule has 0 aliphatic carbocycles. The van der Waals surface area contributed by atoms with Crippen LogP contribution in [-0.4, -0.2) is 94.3 Å². The molecule has 4 atom stereocenters. The lowest BCUT2D eigenvalue weighted by Crippen LogP contribution is -2.57. The quantitative estimate of drug-likeness (QED) is 0.436. The third kappa shape index (κ3) is 4.80. The van der Waals surface area contributed by atoms with Crippen molar-refractivity contribution in [3.8, 4) is 6.01 Å². The number of piperazine rings is 1. The highest BCUT2D eigenvalue weighted by molar-refractivity contribution is 9.10.